The number of fused-ring (bicyclic) bond motifs is 1. The molecule has 0 unspecified atom stereocenters. The molecule has 1 aromatic carbocycles. The number of amides is 1. The Hall–Kier alpha value is -2.01. The second kappa shape index (κ2) is 13.3. The van der Waals surface area contributed by atoms with Crippen LogP contribution in [0, 0.1) is 5.82 Å². The molecular weight excluding hydrogens is 556 g/mol. The van der Waals surface area contributed by atoms with Gasteiger partial charge in [0.2, 0.25) is 5.91 Å². The van der Waals surface area contributed by atoms with Crippen molar-refractivity contribution in [3.8, 4) is 0 Å². The van der Waals surface area contributed by atoms with Gasteiger partial charge in [-0.2, -0.15) is 0 Å². The lowest BCUT2D eigenvalue weighted by Crippen LogP contribution is -2.62. The average molecular weight is 599 g/mol. The number of piperazine rings is 1. The fraction of sp³-hybridized carbons (Fsp3) is 0.586. The fourth-order valence-corrected chi connectivity index (χ4v) is 5.99. The number of anilines is 1. The van der Waals surface area contributed by atoms with Crippen molar-refractivity contribution in [3.63, 3.8) is 0 Å². The summed E-state index contributed by atoms with van der Waals surface area (Å²) in [4.78, 5) is 36.5. The first-order valence-corrected chi connectivity index (χ1v) is 13.7. The number of carbonyl (C=O) groups excluding carboxylic acids is 1. The number of nitrogens with zero attached hydrogens (tertiary/aromatic N) is 3. The summed E-state index contributed by atoms with van der Waals surface area (Å²) in [6.45, 7) is 14.3. The minimum Gasteiger partial charge on any atom is -0.379 e. The molecule has 3 atom stereocenters. The van der Waals surface area contributed by atoms with Gasteiger partial charge in [-0.25, -0.2) is 4.39 Å². The quantitative estimate of drug-likeness (QED) is 0.533. The number of ether oxygens (including phenoxy) is 1. The Kier molecular flexibility index (Phi) is 10.8. The molecule has 0 aliphatic carbocycles. The summed E-state index contributed by atoms with van der Waals surface area (Å²) in [7, 11) is 0. The maximum absolute atomic E-state index is 13.9. The molecule has 222 valence electrons. The number of hydrogen-bond donors (Lipinski definition) is 2. The monoisotopic (exact) mass is 597 g/mol. The molecule has 1 aromatic heterocycles. The third-order valence-corrected chi connectivity index (χ3v) is 8.24. The molecule has 1 amide bonds. The van der Waals surface area contributed by atoms with Crippen molar-refractivity contribution < 1.29 is 13.9 Å². The minimum atomic E-state index is -0.363. The Morgan fingerprint density at radius 3 is 2.58 bits per heavy atom. The molecule has 2 saturated heterocycles. The van der Waals surface area contributed by atoms with Crippen LogP contribution < -0.4 is 15.8 Å². The number of halogens is 3. The molecule has 2 fully saturated rings. The van der Waals surface area contributed by atoms with Crippen LogP contribution in [-0.2, 0) is 21.4 Å². The zero-order valence-corrected chi connectivity index (χ0v) is 25.4. The number of nitrogens with one attached hydrogen (secondary N) is 2. The molecule has 0 saturated carbocycles. The molecule has 0 bridgehead atoms. The van der Waals surface area contributed by atoms with Crippen LogP contribution in [0.25, 0.3) is 0 Å². The molecule has 2 aromatic rings. The van der Waals surface area contributed by atoms with E-state index in [9.17, 15) is 14.0 Å². The number of aromatic nitrogens is 1. The van der Waals surface area contributed by atoms with Gasteiger partial charge >= 0.3 is 0 Å². The molecule has 0 spiro atoms. The highest BCUT2D eigenvalue weighted by Gasteiger charge is 2.41. The first-order valence-electron chi connectivity index (χ1n) is 13.7. The van der Waals surface area contributed by atoms with E-state index in [1.807, 2.05) is 11.0 Å². The van der Waals surface area contributed by atoms with Crippen molar-refractivity contribution in [3.05, 3.63) is 63.3 Å². The minimum absolute atomic E-state index is 0. The topological polar surface area (TPSA) is 80.9 Å². The van der Waals surface area contributed by atoms with Crippen molar-refractivity contribution in [2.75, 3.05) is 57.4 Å². The predicted molar refractivity (Wildman–Crippen MR) is 161 cm³/mol. The fourth-order valence-electron chi connectivity index (χ4n) is 5.99. The summed E-state index contributed by atoms with van der Waals surface area (Å²) in [5.41, 5.74) is 2.47. The SMILES string of the molecule is C[C@@H]1CN(CC(=O)N2CC(C)(C)c3[nH]c(=O)c(Cc4ccc(F)cc4)cc32)[C@@H](CN2CCOC[C@H]2C)CN1.Cl.Cl. The van der Waals surface area contributed by atoms with E-state index in [1.165, 1.54) is 12.1 Å². The van der Waals surface area contributed by atoms with Crippen LogP contribution in [0.15, 0.2) is 35.1 Å². The van der Waals surface area contributed by atoms with Gasteiger partial charge < -0.3 is 19.9 Å². The lowest BCUT2D eigenvalue weighted by molar-refractivity contribution is -0.121. The third-order valence-electron chi connectivity index (χ3n) is 8.24. The number of morpholine rings is 1. The van der Waals surface area contributed by atoms with Crippen LogP contribution >= 0.6 is 24.8 Å². The maximum atomic E-state index is 13.9. The second-order valence-corrected chi connectivity index (χ2v) is 11.9. The van der Waals surface area contributed by atoms with Crippen molar-refractivity contribution >= 4 is 36.4 Å². The largest absolute Gasteiger partial charge is 0.379 e. The van der Waals surface area contributed by atoms with Crippen molar-refractivity contribution in [1.29, 1.82) is 0 Å². The number of H-pyrrole nitrogens is 1. The Labute approximate surface area is 248 Å². The van der Waals surface area contributed by atoms with Crippen molar-refractivity contribution in [1.82, 2.24) is 20.1 Å². The van der Waals surface area contributed by atoms with Gasteiger partial charge in [-0.3, -0.25) is 19.4 Å². The van der Waals surface area contributed by atoms with E-state index < -0.39 is 0 Å². The van der Waals surface area contributed by atoms with Crippen LogP contribution in [-0.4, -0.2) is 91.3 Å². The molecule has 0 radical (unpaired) electrons. The summed E-state index contributed by atoms with van der Waals surface area (Å²) in [5, 5.41) is 3.59. The molecule has 8 nitrogen and oxygen atoms in total. The van der Waals surface area contributed by atoms with Gasteiger partial charge in [-0.15, -0.1) is 24.8 Å². The van der Waals surface area contributed by atoms with E-state index in [1.54, 1.807) is 12.1 Å². The Morgan fingerprint density at radius 2 is 1.88 bits per heavy atom. The molecule has 40 heavy (non-hydrogen) atoms. The molecule has 11 heteroatoms. The van der Waals surface area contributed by atoms with E-state index >= 15 is 0 Å². The Morgan fingerprint density at radius 1 is 1.15 bits per heavy atom. The first kappa shape index (κ1) is 32.5. The predicted octanol–water partition coefficient (Wildman–Crippen LogP) is 2.96. The number of benzene rings is 1. The summed E-state index contributed by atoms with van der Waals surface area (Å²) >= 11 is 0. The normalized spacial score (nSPS) is 24.6. The lowest BCUT2D eigenvalue weighted by atomic mass is 9.91. The van der Waals surface area contributed by atoms with Gasteiger partial charge in [0.05, 0.1) is 25.4 Å². The van der Waals surface area contributed by atoms with Gasteiger partial charge in [0.25, 0.3) is 5.56 Å². The highest BCUT2D eigenvalue weighted by molar-refractivity contribution is 5.97. The summed E-state index contributed by atoms with van der Waals surface area (Å²) in [6, 6.07) is 8.95. The van der Waals surface area contributed by atoms with Gasteiger partial charge in [0.15, 0.2) is 0 Å². The molecule has 3 aliphatic heterocycles. The average Bonchev–Trinajstić information content (AvgIpc) is 3.13. The molecular formula is C29H42Cl2FN5O3. The van der Waals surface area contributed by atoms with Gasteiger partial charge in [-0.1, -0.05) is 26.0 Å². The molecule has 2 N–H and O–H groups in total. The highest BCUT2D eigenvalue weighted by atomic mass is 35.5. The van der Waals surface area contributed by atoms with Crippen molar-refractivity contribution in [2.24, 2.45) is 0 Å². The van der Waals surface area contributed by atoms with Crippen LogP contribution in [0.4, 0.5) is 10.1 Å². The number of rotatable bonds is 6. The maximum Gasteiger partial charge on any atom is 0.251 e. The standard InChI is InChI=1S/C29H40FN5O3.2ClH/c1-19-14-34(24(13-31-19)15-33-9-10-38-17-20(33)2)16-26(36)35-18-29(3,4)27-25(35)12-22(28(37)32-27)11-21-5-7-23(30)8-6-21;;/h5-8,12,19-20,24,31H,9-11,13-18H2,1-4H3,(H,32,37);2*1H/t19-,20-,24-;;/m1../s1. The number of hydrogen-bond acceptors (Lipinski definition) is 6. The molecule has 3 aliphatic rings. The second-order valence-electron chi connectivity index (χ2n) is 11.9. The van der Waals surface area contributed by atoms with Crippen LogP contribution in [0.5, 0.6) is 0 Å². The van der Waals surface area contributed by atoms with Gasteiger partial charge in [0, 0.05) is 73.9 Å². The summed E-state index contributed by atoms with van der Waals surface area (Å²) in [5.74, 6) is -0.260. The number of pyridine rings is 1. The number of aromatic amines is 1. The summed E-state index contributed by atoms with van der Waals surface area (Å²) in [6.07, 6.45) is 0.375. The Bertz CT molecular complexity index is 1230. The van der Waals surface area contributed by atoms with Crippen LogP contribution in [0.2, 0.25) is 0 Å². The third kappa shape index (κ3) is 7.06. The van der Waals surface area contributed by atoms with Crippen LogP contribution in [0.3, 0.4) is 0 Å². The lowest BCUT2D eigenvalue weighted by Gasteiger charge is -2.43. The van der Waals surface area contributed by atoms with Gasteiger partial charge in [0.1, 0.15) is 5.82 Å². The Balaban J connectivity index is 0.00000220. The van der Waals surface area contributed by atoms with E-state index in [4.69, 9.17) is 4.74 Å². The summed E-state index contributed by atoms with van der Waals surface area (Å²) < 4.78 is 19.0. The zero-order chi connectivity index (χ0) is 27.0. The van der Waals surface area contributed by atoms with E-state index in [0.29, 0.717) is 37.2 Å². The highest BCUT2D eigenvalue weighted by Crippen LogP contribution is 2.39. The van der Waals surface area contributed by atoms with E-state index in [-0.39, 0.29) is 53.6 Å². The zero-order valence-electron chi connectivity index (χ0n) is 23.7. The smallest absolute Gasteiger partial charge is 0.251 e. The molecule has 5 rings (SSSR count). The van der Waals surface area contributed by atoms with Crippen molar-refractivity contribution in [2.45, 2.75) is 57.7 Å². The first-order chi connectivity index (χ1) is 18.1. The van der Waals surface area contributed by atoms with E-state index in [2.05, 4.69) is 47.8 Å². The molecule has 4 heterocycles. The van der Waals surface area contributed by atoms with Crippen LogP contribution in [0.1, 0.15) is 44.5 Å². The number of carbonyl (C=O) groups is 1. The van der Waals surface area contributed by atoms with E-state index in [0.717, 1.165) is 56.3 Å². The van der Waals surface area contributed by atoms with Gasteiger partial charge in [-0.05, 0) is 37.6 Å².